The van der Waals surface area contributed by atoms with Crippen LogP contribution in [0.4, 0.5) is 0 Å². The molecule has 0 spiro atoms. The molecule has 3 rings (SSSR count). The van der Waals surface area contributed by atoms with Crippen LogP contribution in [0.1, 0.15) is 49.9 Å². The van der Waals surface area contributed by atoms with Gasteiger partial charge in [-0.15, -0.1) is 0 Å². The number of imidazole rings is 1. The number of hydrogen-bond donors (Lipinski definition) is 0. The Morgan fingerprint density at radius 1 is 1.32 bits per heavy atom. The lowest BCUT2D eigenvalue weighted by molar-refractivity contribution is -0.132. The summed E-state index contributed by atoms with van der Waals surface area (Å²) in [6, 6.07) is 6.46. The van der Waals surface area contributed by atoms with E-state index in [1.54, 1.807) is 0 Å². The van der Waals surface area contributed by atoms with Crippen LogP contribution in [0.15, 0.2) is 24.4 Å². The Morgan fingerprint density at radius 3 is 2.86 bits per heavy atom. The van der Waals surface area contributed by atoms with Gasteiger partial charge in [-0.3, -0.25) is 4.79 Å². The first kappa shape index (κ1) is 15.1. The summed E-state index contributed by atoms with van der Waals surface area (Å²) in [6.07, 6.45) is 9.51. The summed E-state index contributed by atoms with van der Waals surface area (Å²) in [6.45, 7) is 2.03. The number of pyridine rings is 1. The molecular formula is C18H25N3O. The third-order valence-corrected chi connectivity index (χ3v) is 4.92. The van der Waals surface area contributed by atoms with Crippen LogP contribution >= 0.6 is 0 Å². The number of aromatic nitrogens is 2. The molecule has 1 saturated carbocycles. The zero-order chi connectivity index (χ0) is 15.5. The van der Waals surface area contributed by atoms with Crippen LogP contribution < -0.4 is 0 Å². The van der Waals surface area contributed by atoms with Crippen LogP contribution in [0.25, 0.3) is 5.65 Å². The van der Waals surface area contributed by atoms with Crippen molar-refractivity contribution in [2.75, 3.05) is 7.05 Å². The van der Waals surface area contributed by atoms with Crippen molar-refractivity contribution in [2.45, 2.75) is 57.9 Å². The van der Waals surface area contributed by atoms with Crippen molar-refractivity contribution in [3.05, 3.63) is 35.8 Å². The molecule has 0 unspecified atom stereocenters. The van der Waals surface area contributed by atoms with E-state index in [2.05, 4.69) is 9.38 Å². The lowest BCUT2D eigenvalue weighted by Crippen LogP contribution is -2.38. The number of amides is 1. The first-order valence-electron chi connectivity index (χ1n) is 8.35. The van der Waals surface area contributed by atoms with Crippen LogP contribution in [0.3, 0.4) is 0 Å². The molecule has 1 fully saturated rings. The zero-order valence-corrected chi connectivity index (χ0v) is 13.6. The predicted molar refractivity (Wildman–Crippen MR) is 87.9 cm³/mol. The van der Waals surface area contributed by atoms with Crippen molar-refractivity contribution >= 4 is 11.6 Å². The van der Waals surface area contributed by atoms with Gasteiger partial charge >= 0.3 is 0 Å². The molecule has 118 valence electrons. The Morgan fingerprint density at radius 2 is 2.09 bits per heavy atom. The Balaban J connectivity index is 1.65. The minimum absolute atomic E-state index is 0.261. The Bertz CT molecular complexity index is 655. The molecule has 0 aliphatic heterocycles. The quantitative estimate of drug-likeness (QED) is 0.868. The monoisotopic (exact) mass is 299 g/mol. The van der Waals surface area contributed by atoms with Gasteiger partial charge in [0.1, 0.15) is 5.65 Å². The molecule has 2 heterocycles. The molecule has 0 N–H and O–H groups in total. The number of hydrogen-bond acceptors (Lipinski definition) is 2. The number of carbonyl (C=O) groups is 1. The molecule has 0 atom stereocenters. The molecule has 1 aliphatic rings. The van der Waals surface area contributed by atoms with E-state index < -0.39 is 0 Å². The lowest BCUT2D eigenvalue weighted by Gasteiger charge is -2.31. The summed E-state index contributed by atoms with van der Waals surface area (Å²) in [7, 11) is 1.97. The fourth-order valence-corrected chi connectivity index (χ4v) is 3.54. The fraction of sp³-hybridized carbons (Fsp3) is 0.556. The molecule has 0 aromatic carbocycles. The molecule has 4 heteroatoms. The highest BCUT2D eigenvalue weighted by molar-refractivity contribution is 5.76. The second-order valence-corrected chi connectivity index (χ2v) is 6.37. The summed E-state index contributed by atoms with van der Waals surface area (Å²) in [5.41, 5.74) is 3.14. The number of aryl methyl sites for hydroxylation is 2. The maximum Gasteiger partial charge on any atom is 0.222 e. The van der Waals surface area contributed by atoms with Crippen LogP contribution in [-0.4, -0.2) is 33.3 Å². The van der Waals surface area contributed by atoms with Crippen LogP contribution in [-0.2, 0) is 11.2 Å². The summed E-state index contributed by atoms with van der Waals surface area (Å²) < 4.78 is 2.10. The van der Waals surface area contributed by atoms with E-state index in [-0.39, 0.29) is 5.91 Å². The number of carbonyl (C=O) groups excluding carboxylic acids is 1. The second kappa shape index (κ2) is 6.51. The van der Waals surface area contributed by atoms with Gasteiger partial charge in [-0.05, 0) is 38.3 Å². The van der Waals surface area contributed by atoms with Crippen molar-refractivity contribution < 1.29 is 4.79 Å². The van der Waals surface area contributed by atoms with Gasteiger partial charge in [-0.2, -0.15) is 0 Å². The fourth-order valence-electron chi connectivity index (χ4n) is 3.54. The third-order valence-electron chi connectivity index (χ3n) is 4.92. The first-order valence-corrected chi connectivity index (χ1v) is 8.35. The van der Waals surface area contributed by atoms with Crippen LogP contribution in [0.2, 0.25) is 0 Å². The van der Waals surface area contributed by atoms with Crippen molar-refractivity contribution in [1.82, 2.24) is 14.3 Å². The third kappa shape index (κ3) is 3.01. The van der Waals surface area contributed by atoms with E-state index >= 15 is 0 Å². The molecule has 4 nitrogen and oxygen atoms in total. The normalized spacial score (nSPS) is 16.1. The highest BCUT2D eigenvalue weighted by Crippen LogP contribution is 2.22. The van der Waals surface area contributed by atoms with Gasteiger partial charge in [-0.1, -0.05) is 25.3 Å². The smallest absolute Gasteiger partial charge is 0.222 e. The van der Waals surface area contributed by atoms with Gasteiger partial charge < -0.3 is 9.30 Å². The standard InChI is InChI=1S/C18H25N3O/c1-14-16(21-13-7-6-10-17(21)19-14)11-12-18(22)20(2)15-8-4-3-5-9-15/h6-7,10,13,15H,3-5,8-9,11-12H2,1-2H3. The first-order chi connectivity index (χ1) is 10.7. The van der Waals surface area contributed by atoms with Crippen LogP contribution in [0, 0.1) is 6.92 Å². The predicted octanol–water partition coefficient (Wildman–Crippen LogP) is 3.37. The van der Waals surface area contributed by atoms with Crippen molar-refractivity contribution in [3.63, 3.8) is 0 Å². The largest absolute Gasteiger partial charge is 0.343 e. The van der Waals surface area contributed by atoms with Crippen molar-refractivity contribution in [3.8, 4) is 0 Å². The molecule has 0 saturated heterocycles. The van der Waals surface area contributed by atoms with Gasteiger partial charge in [0.05, 0.1) is 5.69 Å². The van der Waals surface area contributed by atoms with E-state index in [0.29, 0.717) is 12.5 Å². The molecule has 0 radical (unpaired) electrons. The van der Waals surface area contributed by atoms with E-state index in [0.717, 1.165) is 36.3 Å². The highest BCUT2D eigenvalue weighted by Gasteiger charge is 2.22. The van der Waals surface area contributed by atoms with Crippen molar-refractivity contribution in [1.29, 1.82) is 0 Å². The minimum Gasteiger partial charge on any atom is -0.343 e. The summed E-state index contributed by atoms with van der Waals surface area (Å²) >= 11 is 0. The summed E-state index contributed by atoms with van der Waals surface area (Å²) in [5, 5.41) is 0. The summed E-state index contributed by atoms with van der Waals surface area (Å²) in [4.78, 5) is 19.0. The average molecular weight is 299 g/mol. The maximum atomic E-state index is 12.5. The summed E-state index contributed by atoms with van der Waals surface area (Å²) in [5.74, 6) is 0.261. The Kier molecular flexibility index (Phi) is 4.46. The number of nitrogens with zero attached hydrogens (tertiary/aromatic N) is 3. The van der Waals surface area contributed by atoms with Gasteiger partial charge in [0.2, 0.25) is 5.91 Å². The minimum atomic E-state index is 0.261. The maximum absolute atomic E-state index is 12.5. The van der Waals surface area contributed by atoms with E-state index in [1.165, 1.54) is 19.3 Å². The van der Waals surface area contributed by atoms with E-state index in [4.69, 9.17) is 0 Å². The van der Waals surface area contributed by atoms with E-state index in [9.17, 15) is 4.79 Å². The molecule has 1 aliphatic carbocycles. The molecule has 1 amide bonds. The molecular weight excluding hydrogens is 274 g/mol. The molecule has 22 heavy (non-hydrogen) atoms. The van der Waals surface area contributed by atoms with Crippen LogP contribution in [0.5, 0.6) is 0 Å². The number of rotatable bonds is 4. The molecule has 2 aromatic heterocycles. The Labute approximate surface area is 132 Å². The lowest BCUT2D eigenvalue weighted by atomic mass is 9.94. The van der Waals surface area contributed by atoms with Gasteiger partial charge in [0.15, 0.2) is 0 Å². The average Bonchev–Trinajstić information content (AvgIpc) is 2.88. The molecule has 0 bridgehead atoms. The second-order valence-electron chi connectivity index (χ2n) is 6.37. The van der Waals surface area contributed by atoms with Gasteiger partial charge in [0.25, 0.3) is 0 Å². The SMILES string of the molecule is Cc1nc2ccccn2c1CCC(=O)N(C)C1CCCCC1. The van der Waals surface area contributed by atoms with Gasteiger partial charge in [-0.25, -0.2) is 4.98 Å². The van der Waals surface area contributed by atoms with E-state index in [1.807, 2.05) is 43.3 Å². The highest BCUT2D eigenvalue weighted by atomic mass is 16.2. The number of fused-ring (bicyclic) bond motifs is 1. The molecule has 2 aromatic rings. The Hall–Kier alpha value is -1.84. The zero-order valence-electron chi connectivity index (χ0n) is 13.6. The van der Waals surface area contributed by atoms with Gasteiger partial charge in [0, 0.05) is 31.4 Å². The van der Waals surface area contributed by atoms with Crippen molar-refractivity contribution in [2.24, 2.45) is 0 Å². The topological polar surface area (TPSA) is 37.6 Å².